The molecule has 0 amide bonds. The molecule has 1 aromatic carbocycles. The lowest BCUT2D eigenvalue weighted by Gasteiger charge is -2.30. The molecule has 7 nitrogen and oxygen atoms in total. The van der Waals surface area contributed by atoms with Crippen molar-refractivity contribution in [1.82, 2.24) is 0 Å². The summed E-state index contributed by atoms with van der Waals surface area (Å²) in [5.74, 6) is 0.453. The first-order valence-corrected chi connectivity index (χ1v) is 5.84. The van der Waals surface area contributed by atoms with Crippen LogP contribution in [0.3, 0.4) is 0 Å². The highest BCUT2D eigenvalue weighted by Crippen LogP contribution is 2.31. The fourth-order valence-corrected chi connectivity index (χ4v) is 1.63. The summed E-state index contributed by atoms with van der Waals surface area (Å²) in [6.45, 7) is 1.09. The lowest BCUT2D eigenvalue weighted by molar-refractivity contribution is -0.384. The third-order valence-electron chi connectivity index (χ3n) is 3.08. The van der Waals surface area contributed by atoms with Crippen molar-refractivity contribution in [3.05, 3.63) is 28.3 Å². The van der Waals surface area contributed by atoms with Gasteiger partial charge in [0.2, 0.25) is 0 Å². The number of rotatable bonds is 7. The number of nitrogens with zero attached hydrogens (tertiary/aromatic N) is 1. The number of methoxy groups -OCH3 is 1. The maximum Gasteiger partial charge on any atom is 0.292 e. The summed E-state index contributed by atoms with van der Waals surface area (Å²) in [5.41, 5.74) is -0.938. The molecule has 0 fully saturated rings. The highest BCUT2D eigenvalue weighted by molar-refractivity contribution is 5.65. The van der Waals surface area contributed by atoms with Gasteiger partial charge < -0.3 is 20.3 Å². The van der Waals surface area contributed by atoms with Crippen LogP contribution in [-0.2, 0) is 0 Å². The third-order valence-corrected chi connectivity index (χ3v) is 3.08. The van der Waals surface area contributed by atoms with Gasteiger partial charge in [-0.1, -0.05) is 6.92 Å². The molecule has 106 valence electrons. The molecule has 0 atom stereocenters. The lowest BCUT2D eigenvalue weighted by Crippen LogP contribution is -2.45. The van der Waals surface area contributed by atoms with Gasteiger partial charge in [0.05, 0.1) is 30.8 Å². The van der Waals surface area contributed by atoms with Crippen LogP contribution >= 0.6 is 0 Å². The maximum atomic E-state index is 11.0. The predicted octanol–water partition coefficient (Wildman–Crippen LogP) is 1.15. The number of nitro groups is 1. The minimum absolute atomic E-state index is 0.138. The van der Waals surface area contributed by atoms with Gasteiger partial charge in [-0.05, 0) is 12.5 Å². The van der Waals surface area contributed by atoms with Crippen molar-refractivity contribution in [2.75, 3.05) is 25.6 Å². The minimum atomic E-state index is -1.00. The van der Waals surface area contributed by atoms with Crippen LogP contribution in [0.4, 0.5) is 11.4 Å². The Kier molecular flexibility index (Phi) is 5.08. The van der Waals surface area contributed by atoms with E-state index in [-0.39, 0.29) is 24.6 Å². The van der Waals surface area contributed by atoms with Gasteiger partial charge in [-0.2, -0.15) is 0 Å². The number of nitro benzene ring substituents is 1. The Morgan fingerprint density at radius 2 is 2.05 bits per heavy atom. The normalized spacial score (nSPS) is 11.2. The van der Waals surface area contributed by atoms with Gasteiger partial charge in [-0.15, -0.1) is 0 Å². The maximum absolute atomic E-state index is 11.0. The summed E-state index contributed by atoms with van der Waals surface area (Å²) in [7, 11) is 1.45. The van der Waals surface area contributed by atoms with E-state index in [4.69, 9.17) is 4.74 Å². The van der Waals surface area contributed by atoms with E-state index >= 15 is 0 Å². The zero-order valence-corrected chi connectivity index (χ0v) is 10.9. The number of aliphatic hydroxyl groups is 2. The fraction of sp³-hybridized carbons (Fsp3) is 0.500. The number of ether oxygens (including phenoxy) is 1. The van der Waals surface area contributed by atoms with Crippen LogP contribution in [0.25, 0.3) is 0 Å². The van der Waals surface area contributed by atoms with Crippen LogP contribution < -0.4 is 10.1 Å². The number of hydrogen-bond acceptors (Lipinski definition) is 6. The second kappa shape index (κ2) is 6.35. The Labute approximate surface area is 111 Å². The van der Waals surface area contributed by atoms with Gasteiger partial charge >= 0.3 is 0 Å². The second-order valence-corrected chi connectivity index (χ2v) is 4.22. The van der Waals surface area contributed by atoms with Crippen LogP contribution in [0, 0.1) is 10.1 Å². The molecule has 19 heavy (non-hydrogen) atoms. The van der Waals surface area contributed by atoms with Crippen LogP contribution in [0.2, 0.25) is 0 Å². The topological polar surface area (TPSA) is 105 Å². The van der Waals surface area contributed by atoms with Crippen molar-refractivity contribution in [2.45, 2.75) is 18.9 Å². The molecule has 0 aliphatic rings. The standard InChI is InChI=1S/C12H18N2O5/c1-3-12(7-15,8-16)13-10-6-9(19-2)4-5-11(10)14(17)18/h4-6,13,15-16H,3,7-8H2,1-2H3. The quantitative estimate of drug-likeness (QED) is 0.507. The molecule has 0 aliphatic heterocycles. The summed E-state index contributed by atoms with van der Waals surface area (Å²) in [5, 5.41) is 32.6. The molecule has 0 heterocycles. The molecule has 0 radical (unpaired) electrons. The third kappa shape index (κ3) is 3.33. The van der Waals surface area contributed by atoms with E-state index in [0.717, 1.165) is 0 Å². The van der Waals surface area contributed by atoms with Crippen molar-refractivity contribution in [2.24, 2.45) is 0 Å². The molecule has 0 bridgehead atoms. The van der Waals surface area contributed by atoms with Gasteiger partial charge in [-0.25, -0.2) is 0 Å². The molecule has 7 heteroatoms. The van der Waals surface area contributed by atoms with E-state index in [1.165, 1.54) is 25.3 Å². The van der Waals surface area contributed by atoms with Crippen molar-refractivity contribution in [3.8, 4) is 5.75 Å². The van der Waals surface area contributed by atoms with E-state index in [9.17, 15) is 20.3 Å². The molecule has 0 aliphatic carbocycles. The highest BCUT2D eigenvalue weighted by Gasteiger charge is 2.29. The summed E-state index contributed by atoms with van der Waals surface area (Å²) in [6, 6.07) is 4.26. The lowest BCUT2D eigenvalue weighted by atomic mass is 9.97. The first-order valence-electron chi connectivity index (χ1n) is 5.84. The van der Waals surface area contributed by atoms with E-state index in [1.807, 2.05) is 0 Å². The molecule has 1 rings (SSSR count). The summed E-state index contributed by atoms with van der Waals surface area (Å²) >= 11 is 0. The van der Waals surface area contributed by atoms with Gasteiger partial charge in [0, 0.05) is 12.1 Å². The van der Waals surface area contributed by atoms with E-state index < -0.39 is 10.5 Å². The first-order chi connectivity index (χ1) is 9.01. The molecule has 1 aromatic rings. The zero-order chi connectivity index (χ0) is 14.5. The van der Waals surface area contributed by atoms with Gasteiger partial charge in [-0.3, -0.25) is 10.1 Å². The van der Waals surface area contributed by atoms with Gasteiger partial charge in [0.15, 0.2) is 0 Å². The van der Waals surface area contributed by atoms with Crippen LogP contribution in [0.1, 0.15) is 13.3 Å². The molecule has 0 unspecified atom stereocenters. The number of benzene rings is 1. The molecular formula is C12H18N2O5. The zero-order valence-electron chi connectivity index (χ0n) is 10.9. The van der Waals surface area contributed by atoms with Crippen molar-refractivity contribution in [1.29, 1.82) is 0 Å². The van der Waals surface area contributed by atoms with Crippen LogP contribution in [-0.4, -0.2) is 41.0 Å². The Morgan fingerprint density at radius 1 is 1.42 bits per heavy atom. The number of nitrogens with one attached hydrogen (secondary N) is 1. The number of hydrogen-bond donors (Lipinski definition) is 3. The van der Waals surface area contributed by atoms with E-state index in [2.05, 4.69) is 5.32 Å². The van der Waals surface area contributed by atoms with E-state index in [0.29, 0.717) is 12.2 Å². The molecule has 0 saturated heterocycles. The van der Waals surface area contributed by atoms with Crippen molar-refractivity contribution < 1.29 is 19.9 Å². The predicted molar refractivity (Wildman–Crippen MR) is 70.5 cm³/mol. The van der Waals surface area contributed by atoms with Crippen molar-refractivity contribution in [3.63, 3.8) is 0 Å². The Morgan fingerprint density at radius 3 is 2.47 bits per heavy atom. The van der Waals surface area contributed by atoms with Gasteiger partial charge in [0.1, 0.15) is 11.4 Å². The molecule has 3 N–H and O–H groups in total. The second-order valence-electron chi connectivity index (χ2n) is 4.22. The van der Waals surface area contributed by atoms with Crippen molar-refractivity contribution >= 4 is 11.4 Å². The monoisotopic (exact) mass is 270 g/mol. The Balaban J connectivity index is 3.19. The smallest absolute Gasteiger partial charge is 0.292 e. The Bertz CT molecular complexity index is 437. The minimum Gasteiger partial charge on any atom is -0.497 e. The largest absolute Gasteiger partial charge is 0.497 e. The fourth-order valence-electron chi connectivity index (χ4n) is 1.63. The molecular weight excluding hydrogens is 252 g/mol. The molecule has 0 saturated carbocycles. The first kappa shape index (κ1) is 15.2. The summed E-state index contributed by atoms with van der Waals surface area (Å²) in [4.78, 5) is 10.4. The van der Waals surface area contributed by atoms with E-state index in [1.54, 1.807) is 6.92 Å². The number of aliphatic hydroxyl groups excluding tert-OH is 2. The van der Waals surface area contributed by atoms with Crippen LogP contribution in [0.15, 0.2) is 18.2 Å². The van der Waals surface area contributed by atoms with Gasteiger partial charge in [0.25, 0.3) is 5.69 Å². The highest BCUT2D eigenvalue weighted by atomic mass is 16.6. The molecule has 0 spiro atoms. The summed E-state index contributed by atoms with van der Waals surface area (Å²) < 4.78 is 5.02. The molecule has 0 aromatic heterocycles. The SMILES string of the molecule is CCC(CO)(CO)Nc1cc(OC)ccc1[N+](=O)[O-]. The Hall–Kier alpha value is -1.86. The van der Waals surface area contributed by atoms with Crippen LogP contribution in [0.5, 0.6) is 5.75 Å². The average Bonchev–Trinajstić information content (AvgIpc) is 2.44. The average molecular weight is 270 g/mol. The summed E-state index contributed by atoms with van der Waals surface area (Å²) in [6.07, 6.45) is 0.411. The number of anilines is 1.